The summed E-state index contributed by atoms with van der Waals surface area (Å²) in [5.41, 5.74) is 5.56. The van der Waals surface area contributed by atoms with Crippen molar-refractivity contribution in [2.75, 3.05) is 20.7 Å². The van der Waals surface area contributed by atoms with E-state index in [-0.39, 0.29) is 18.6 Å². The maximum absolute atomic E-state index is 12.4. The zero-order chi connectivity index (χ0) is 16.1. The van der Waals surface area contributed by atoms with Crippen LogP contribution in [-0.2, 0) is 4.79 Å². The van der Waals surface area contributed by atoms with Crippen LogP contribution in [0.15, 0.2) is 24.3 Å². The highest BCUT2D eigenvalue weighted by atomic mass is 16.5. The van der Waals surface area contributed by atoms with E-state index >= 15 is 0 Å². The van der Waals surface area contributed by atoms with Crippen LogP contribution in [0.4, 0.5) is 0 Å². The van der Waals surface area contributed by atoms with Gasteiger partial charge in [0.05, 0.1) is 0 Å². The molecule has 0 aromatic heterocycles. The summed E-state index contributed by atoms with van der Waals surface area (Å²) >= 11 is 0. The topological polar surface area (TPSA) is 84.7 Å². The van der Waals surface area contributed by atoms with Crippen LogP contribution in [0.25, 0.3) is 0 Å². The molecule has 2 rings (SSSR count). The third-order valence-corrected chi connectivity index (χ3v) is 3.94. The molecule has 6 heteroatoms. The van der Waals surface area contributed by atoms with Crippen molar-refractivity contribution in [2.45, 2.75) is 31.3 Å². The number of ether oxygens (including phenoxy) is 1. The monoisotopic (exact) mass is 305 g/mol. The lowest BCUT2D eigenvalue weighted by Crippen LogP contribution is -2.46. The van der Waals surface area contributed by atoms with Crippen molar-refractivity contribution in [3.63, 3.8) is 0 Å². The van der Waals surface area contributed by atoms with Crippen LogP contribution in [0.3, 0.4) is 0 Å². The van der Waals surface area contributed by atoms with Crippen molar-refractivity contribution in [3.05, 3.63) is 29.8 Å². The van der Waals surface area contributed by atoms with Crippen molar-refractivity contribution in [1.82, 2.24) is 10.2 Å². The Hall–Kier alpha value is -2.08. The Morgan fingerprint density at radius 3 is 2.82 bits per heavy atom. The summed E-state index contributed by atoms with van der Waals surface area (Å²) in [4.78, 5) is 25.3. The molecule has 2 amide bonds. The molecule has 0 unspecified atom stereocenters. The van der Waals surface area contributed by atoms with Crippen LogP contribution in [0.5, 0.6) is 5.75 Å². The summed E-state index contributed by atoms with van der Waals surface area (Å²) in [5, 5.41) is 3.09. The highest BCUT2D eigenvalue weighted by Gasteiger charge is 2.30. The minimum absolute atomic E-state index is 0.122. The van der Waals surface area contributed by atoms with Crippen molar-refractivity contribution in [1.29, 1.82) is 0 Å². The van der Waals surface area contributed by atoms with Gasteiger partial charge in [-0.1, -0.05) is 6.07 Å². The van der Waals surface area contributed by atoms with Crippen molar-refractivity contribution < 1.29 is 14.3 Å². The number of carbonyl (C=O) groups is 2. The molecule has 0 heterocycles. The summed E-state index contributed by atoms with van der Waals surface area (Å²) in [6.45, 7) is -0.198. The van der Waals surface area contributed by atoms with Gasteiger partial charge in [-0.3, -0.25) is 9.59 Å². The van der Waals surface area contributed by atoms with Gasteiger partial charge >= 0.3 is 0 Å². The van der Waals surface area contributed by atoms with Crippen LogP contribution in [0, 0.1) is 0 Å². The maximum atomic E-state index is 12.4. The fraction of sp³-hybridized carbons (Fsp3) is 0.500. The van der Waals surface area contributed by atoms with E-state index in [0.717, 1.165) is 19.3 Å². The molecule has 0 bridgehead atoms. The van der Waals surface area contributed by atoms with Crippen LogP contribution in [0.2, 0.25) is 0 Å². The van der Waals surface area contributed by atoms with Gasteiger partial charge in [-0.25, -0.2) is 0 Å². The Morgan fingerprint density at radius 2 is 2.14 bits per heavy atom. The lowest BCUT2D eigenvalue weighted by atomic mass is 10.1. The summed E-state index contributed by atoms with van der Waals surface area (Å²) in [6, 6.07) is 7.31. The molecular formula is C16H23N3O3. The number of hydrogen-bond acceptors (Lipinski definition) is 4. The van der Waals surface area contributed by atoms with Crippen molar-refractivity contribution >= 4 is 11.8 Å². The first-order valence-corrected chi connectivity index (χ1v) is 7.46. The van der Waals surface area contributed by atoms with Crippen molar-refractivity contribution in [3.8, 4) is 5.75 Å². The maximum Gasteiger partial charge on any atom is 0.255 e. The molecule has 0 radical (unpaired) electrons. The zero-order valence-corrected chi connectivity index (χ0v) is 13.0. The fourth-order valence-electron chi connectivity index (χ4n) is 2.86. The van der Waals surface area contributed by atoms with Gasteiger partial charge in [0.2, 0.25) is 0 Å². The number of nitrogens with two attached hydrogens (primary N) is 1. The average Bonchev–Trinajstić information content (AvgIpc) is 2.93. The number of carbonyl (C=O) groups excluding carboxylic acids is 2. The highest BCUT2D eigenvalue weighted by Crippen LogP contribution is 2.23. The highest BCUT2D eigenvalue weighted by molar-refractivity contribution is 5.94. The summed E-state index contributed by atoms with van der Waals surface area (Å²) in [7, 11) is 4.07. The number of nitrogens with one attached hydrogen (secondary N) is 1. The van der Waals surface area contributed by atoms with E-state index in [0.29, 0.717) is 17.4 Å². The van der Waals surface area contributed by atoms with E-state index in [1.807, 2.05) is 14.1 Å². The second-order valence-electron chi connectivity index (χ2n) is 5.82. The Labute approximate surface area is 130 Å². The number of rotatable bonds is 6. The van der Waals surface area contributed by atoms with E-state index in [4.69, 9.17) is 10.5 Å². The SMILES string of the molecule is CN(C)[C@@H]1CCC[C@H]1NC(=O)c1cccc(OCC(N)=O)c1. The Morgan fingerprint density at radius 1 is 1.36 bits per heavy atom. The molecule has 0 saturated heterocycles. The largest absolute Gasteiger partial charge is 0.484 e. The van der Waals surface area contributed by atoms with Crippen LogP contribution in [0.1, 0.15) is 29.6 Å². The Balaban J connectivity index is 2.00. The lowest BCUT2D eigenvalue weighted by Gasteiger charge is -2.26. The third-order valence-electron chi connectivity index (χ3n) is 3.94. The molecular weight excluding hydrogens is 282 g/mol. The summed E-state index contributed by atoms with van der Waals surface area (Å²) in [5.74, 6) is -0.208. The quantitative estimate of drug-likeness (QED) is 0.813. The fourth-order valence-corrected chi connectivity index (χ4v) is 2.86. The normalized spacial score (nSPS) is 20.9. The molecule has 3 N–H and O–H groups in total. The first-order valence-electron chi connectivity index (χ1n) is 7.46. The van der Waals surface area contributed by atoms with Crippen LogP contribution >= 0.6 is 0 Å². The molecule has 1 saturated carbocycles. The molecule has 1 aromatic rings. The minimum Gasteiger partial charge on any atom is -0.484 e. The molecule has 1 aromatic carbocycles. The second-order valence-corrected chi connectivity index (χ2v) is 5.82. The van der Waals surface area contributed by atoms with Gasteiger partial charge in [-0.2, -0.15) is 0 Å². The third kappa shape index (κ3) is 4.21. The van der Waals surface area contributed by atoms with Gasteiger partial charge in [0.1, 0.15) is 5.75 Å². The molecule has 6 nitrogen and oxygen atoms in total. The summed E-state index contributed by atoms with van der Waals surface area (Å²) in [6.07, 6.45) is 3.21. The predicted octanol–water partition coefficient (Wildman–Crippen LogP) is 0.763. The number of hydrogen-bond donors (Lipinski definition) is 2. The van der Waals surface area contributed by atoms with Crippen LogP contribution in [-0.4, -0.2) is 49.5 Å². The van der Waals surface area contributed by atoms with E-state index in [2.05, 4.69) is 10.2 Å². The van der Waals surface area contributed by atoms with Crippen molar-refractivity contribution in [2.24, 2.45) is 5.73 Å². The smallest absolute Gasteiger partial charge is 0.255 e. The molecule has 0 aliphatic heterocycles. The summed E-state index contributed by atoms with van der Waals surface area (Å²) < 4.78 is 5.22. The van der Waals surface area contributed by atoms with Gasteiger partial charge in [0.25, 0.3) is 11.8 Å². The Bertz CT molecular complexity index is 545. The Kier molecular flexibility index (Phi) is 5.38. The molecule has 1 fully saturated rings. The molecule has 120 valence electrons. The zero-order valence-electron chi connectivity index (χ0n) is 13.0. The number of benzene rings is 1. The van der Waals surface area contributed by atoms with E-state index in [1.54, 1.807) is 24.3 Å². The number of nitrogens with zero attached hydrogens (tertiary/aromatic N) is 1. The van der Waals surface area contributed by atoms with E-state index < -0.39 is 5.91 Å². The molecule has 22 heavy (non-hydrogen) atoms. The number of amides is 2. The standard InChI is InChI=1S/C16H23N3O3/c1-19(2)14-8-4-7-13(14)18-16(21)11-5-3-6-12(9-11)22-10-15(17)20/h3,5-6,9,13-14H,4,7-8,10H2,1-2H3,(H2,17,20)(H,18,21)/t13-,14-/m1/s1. The van der Waals surface area contributed by atoms with Gasteiger partial charge in [0.15, 0.2) is 6.61 Å². The molecule has 1 aliphatic carbocycles. The average molecular weight is 305 g/mol. The second kappa shape index (κ2) is 7.26. The number of primary amides is 1. The van der Waals surface area contributed by atoms with Gasteiger partial charge < -0.3 is 20.7 Å². The van der Waals surface area contributed by atoms with E-state index in [9.17, 15) is 9.59 Å². The molecule has 1 aliphatic rings. The minimum atomic E-state index is -0.547. The first-order chi connectivity index (χ1) is 10.5. The van der Waals surface area contributed by atoms with Crippen LogP contribution < -0.4 is 15.8 Å². The lowest BCUT2D eigenvalue weighted by molar-refractivity contribution is -0.119. The van der Waals surface area contributed by atoms with E-state index in [1.165, 1.54) is 0 Å². The molecule has 2 atom stereocenters. The predicted molar refractivity (Wildman–Crippen MR) is 83.7 cm³/mol. The molecule has 0 spiro atoms. The van der Waals surface area contributed by atoms with Gasteiger partial charge in [-0.15, -0.1) is 0 Å². The van der Waals surface area contributed by atoms with Gasteiger partial charge in [0, 0.05) is 17.6 Å². The first kappa shape index (κ1) is 16.3. The number of likely N-dealkylation sites (N-methyl/N-ethyl adjacent to an activating group) is 1. The van der Waals surface area contributed by atoms with Gasteiger partial charge in [-0.05, 0) is 51.6 Å².